The Morgan fingerprint density at radius 3 is 1.70 bits per heavy atom. The van der Waals surface area contributed by atoms with Crippen molar-refractivity contribution in [2.45, 2.75) is 103 Å². The summed E-state index contributed by atoms with van der Waals surface area (Å²) in [5, 5.41) is 0. The number of rotatable bonds is 16. The molecule has 1 rings (SSSR count). The third-order valence-electron chi connectivity index (χ3n) is 5.95. The standard InChI is InChI=1S/C25H46P.BrH/c1-5-7-9-11-12-13-14-18-22-25(24-20-16-15-17-21-24)26(3,4)23-19-10-8-6-2;/h15-17,20-21,25H,5-14,18-19,22-23H2,1-4H3;1H/q+1;/p-1. The average Bonchev–Trinajstić information content (AvgIpc) is 2.64. The van der Waals surface area contributed by atoms with Crippen LogP contribution < -0.4 is 17.0 Å². The lowest BCUT2D eigenvalue weighted by Crippen LogP contribution is -3.00. The molecule has 0 nitrogen and oxygen atoms in total. The van der Waals surface area contributed by atoms with E-state index in [1.165, 1.54) is 89.6 Å². The molecule has 0 aromatic heterocycles. The van der Waals surface area contributed by atoms with E-state index in [1.54, 1.807) is 5.56 Å². The summed E-state index contributed by atoms with van der Waals surface area (Å²) >= 11 is 0. The summed E-state index contributed by atoms with van der Waals surface area (Å²) < 4.78 is 0. The Balaban J connectivity index is 0.00000676. The highest BCUT2D eigenvalue weighted by Crippen LogP contribution is 2.66. The Bertz CT molecular complexity index is 429. The van der Waals surface area contributed by atoms with E-state index in [0.29, 0.717) is 0 Å². The molecule has 0 saturated carbocycles. The van der Waals surface area contributed by atoms with Gasteiger partial charge in [0.25, 0.3) is 0 Å². The van der Waals surface area contributed by atoms with Crippen LogP contribution in [0.1, 0.15) is 109 Å². The summed E-state index contributed by atoms with van der Waals surface area (Å²) in [5.74, 6) is 0. The second-order valence-corrected chi connectivity index (χ2v) is 13.4. The van der Waals surface area contributed by atoms with Gasteiger partial charge in [0.1, 0.15) is 0 Å². The fraction of sp³-hybridized carbons (Fsp3) is 0.760. The lowest BCUT2D eigenvalue weighted by molar-refractivity contribution is -0.00000586. The van der Waals surface area contributed by atoms with Crippen LogP contribution in [0.4, 0.5) is 0 Å². The van der Waals surface area contributed by atoms with Gasteiger partial charge in [0.2, 0.25) is 0 Å². The molecule has 27 heavy (non-hydrogen) atoms. The summed E-state index contributed by atoms with van der Waals surface area (Å²) in [6.07, 6.45) is 19.9. The number of hydrogen-bond donors (Lipinski definition) is 0. The highest BCUT2D eigenvalue weighted by molar-refractivity contribution is 7.74. The first kappa shape index (κ1) is 27.1. The van der Waals surface area contributed by atoms with Gasteiger partial charge in [-0.3, -0.25) is 0 Å². The van der Waals surface area contributed by atoms with Gasteiger partial charge in [-0.25, -0.2) is 0 Å². The Kier molecular flexibility index (Phi) is 17.1. The van der Waals surface area contributed by atoms with Gasteiger partial charge in [0.15, 0.2) is 0 Å². The van der Waals surface area contributed by atoms with Crippen molar-refractivity contribution >= 4 is 7.26 Å². The molecule has 0 N–H and O–H groups in total. The van der Waals surface area contributed by atoms with E-state index in [0.717, 1.165) is 5.66 Å². The molecule has 0 fully saturated rings. The average molecular weight is 458 g/mol. The van der Waals surface area contributed by atoms with Gasteiger partial charge in [0.05, 0.1) is 11.8 Å². The molecule has 0 radical (unpaired) electrons. The predicted octanol–water partition coefficient (Wildman–Crippen LogP) is 6.12. The van der Waals surface area contributed by atoms with Gasteiger partial charge in [-0.2, -0.15) is 0 Å². The summed E-state index contributed by atoms with van der Waals surface area (Å²) in [6, 6.07) is 11.4. The summed E-state index contributed by atoms with van der Waals surface area (Å²) in [4.78, 5) is 0. The molecular weight excluding hydrogens is 411 g/mol. The number of halogens is 1. The monoisotopic (exact) mass is 456 g/mol. The van der Waals surface area contributed by atoms with Crippen LogP contribution in [0.15, 0.2) is 30.3 Å². The fourth-order valence-corrected chi connectivity index (χ4v) is 7.38. The largest absolute Gasteiger partial charge is 1.00 e. The van der Waals surface area contributed by atoms with Crippen molar-refractivity contribution < 1.29 is 17.0 Å². The topological polar surface area (TPSA) is 0 Å². The van der Waals surface area contributed by atoms with Crippen molar-refractivity contribution in [1.29, 1.82) is 0 Å². The minimum atomic E-state index is -0.885. The van der Waals surface area contributed by atoms with E-state index >= 15 is 0 Å². The first-order valence-corrected chi connectivity index (χ1v) is 14.4. The van der Waals surface area contributed by atoms with E-state index in [9.17, 15) is 0 Å². The molecule has 1 unspecified atom stereocenters. The first-order chi connectivity index (χ1) is 12.6. The molecular formula is C25H46BrP. The SMILES string of the molecule is CCCCCCCCCCC(c1ccccc1)[P+](C)(C)CCCCCC.[Br-]. The minimum absolute atomic E-state index is 0. The zero-order valence-electron chi connectivity index (χ0n) is 18.7. The molecule has 0 bridgehead atoms. The predicted molar refractivity (Wildman–Crippen MR) is 124 cm³/mol. The summed E-state index contributed by atoms with van der Waals surface area (Å²) in [5.41, 5.74) is 2.44. The van der Waals surface area contributed by atoms with E-state index in [4.69, 9.17) is 0 Å². The van der Waals surface area contributed by atoms with Gasteiger partial charge >= 0.3 is 0 Å². The third kappa shape index (κ3) is 12.3. The smallest absolute Gasteiger partial charge is 0.0939 e. The molecule has 1 atom stereocenters. The molecule has 158 valence electrons. The van der Waals surface area contributed by atoms with E-state index < -0.39 is 7.26 Å². The fourth-order valence-electron chi connectivity index (χ4n) is 4.17. The number of benzene rings is 1. The maximum Gasteiger partial charge on any atom is 0.0939 e. The molecule has 0 spiro atoms. The quantitative estimate of drug-likeness (QED) is 0.207. The molecule has 0 saturated heterocycles. The lowest BCUT2D eigenvalue weighted by Gasteiger charge is -2.29. The van der Waals surface area contributed by atoms with Crippen LogP contribution in [0.3, 0.4) is 0 Å². The molecule has 2 heteroatoms. The van der Waals surface area contributed by atoms with Crippen LogP contribution in [0.2, 0.25) is 0 Å². The van der Waals surface area contributed by atoms with Crippen LogP contribution in [-0.4, -0.2) is 19.5 Å². The molecule has 0 aliphatic heterocycles. The van der Waals surface area contributed by atoms with Crippen LogP contribution >= 0.6 is 7.26 Å². The zero-order valence-corrected chi connectivity index (χ0v) is 21.2. The lowest BCUT2D eigenvalue weighted by atomic mass is 10.0. The van der Waals surface area contributed by atoms with Crippen molar-refractivity contribution in [2.75, 3.05) is 19.5 Å². The van der Waals surface area contributed by atoms with E-state index in [-0.39, 0.29) is 17.0 Å². The van der Waals surface area contributed by atoms with Crippen molar-refractivity contribution in [3.8, 4) is 0 Å². The minimum Gasteiger partial charge on any atom is -1.00 e. The molecule has 0 heterocycles. The number of hydrogen-bond acceptors (Lipinski definition) is 0. The highest BCUT2D eigenvalue weighted by atomic mass is 79.9. The Morgan fingerprint density at radius 1 is 0.667 bits per heavy atom. The van der Waals surface area contributed by atoms with Gasteiger partial charge < -0.3 is 17.0 Å². The van der Waals surface area contributed by atoms with Gasteiger partial charge in [-0.05, 0) is 31.2 Å². The second kappa shape index (κ2) is 17.0. The highest BCUT2D eigenvalue weighted by Gasteiger charge is 2.36. The molecule has 1 aromatic carbocycles. The molecule has 0 amide bonds. The van der Waals surface area contributed by atoms with Crippen molar-refractivity contribution in [3.63, 3.8) is 0 Å². The van der Waals surface area contributed by atoms with Crippen molar-refractivity contribution in [3.05, 3.63) is 35.9 Å². The van der Waals surface area contributed by atoms with E-state index in [2.05, 4.69) is 57.5 Å². The molecule has 1 aromatic rings. The van der Waals surface area contributed by atoms with Crippen LogP contribution in [-0.2, 0) is 0 Å². The second-order valence-electron chi connectivity index (χ2n) is 8.75. The number of unbranched alkanes of at least 4 members (excludes halogenated alkanes) is 10. The Hall–Kier alpha value is 0.130. The van der Waals surface area contributed by atoms with Gasteiger partial charge in [0, 0.05) is 20.6 Å². The van der Waals surface area contributed by atoms with Crippen LogP contribution in [0, 0.1) is 0 Å². The zero-order chi connectivity index (χ0) is 19.1. The molecule has 0 aliphatic carbocycles. The first-order valence-electron chi connectivity index (χ1n) is 11.5. The third-order valence-corrected chi connectivity index (χ3v) is 9.66. The van der Waals surface area contributed by atoms with Crippen LogP contribution in [0.5, 0.6) is 0 Å². The molecule has 0 aliphatic rings. The van der Waals surface area contributed by atoms with Gasteiger partial charge in [-0.15, -0.1) is 0 Å². The maximum atomic E-state index is 2.63. The maximum absolute atomic E-state index is 2.63. The van der Waals surface area contributed by atoms with Crippen molar-refractivity contribution in [1.82, 2.24) is 0 Å². The Labute approximate surface area is 182 Å². The van der Waals surface area contributed by atoms with Crippen LogP contribution in [0.25, 0.3) is 0 Å². The Morgan fingerprint density at radius 2 is 1.15 bits per heavy atom. The van der Waals surface area contributed by atoms with Gasteiger partial charge in [-0.1, -0.05) is 102 Å². The summed E-state index contributed by atoms with van der Waals surface area (Å²) in [6.45, 7) is 9.87. The normalized spacial score (nSPS) is 12.6. The summed E-state index contributed by atoms with van der Waals surface area (Å²) in [7, 11) is -0.885. The van der Waals surface area contributed by atoms with Crippen molar-refractivity contribution in [2.24, 2.45) is 0 Å². The van der Waals surface area contributed by atoms with E-state index in [1.807, 2.05) is 0 Å².